The summed E-state index contributed by atoms with van der Waals surface area (Å²) in [6.45, 7) is 14.5. The van der Waals surface area contributed by atoms with Crippen molar-refractivity contribution in [2.45, 2.75) is 89.4 Å². The van der Waals surface area contributed by atoms with Gasteiger partial charge in [0.2, 0.25) is 0 Å². The van der Waals surface area contributed by atoms with Crippen molar-refractivity contribution < 1.29 is 42.4 Å². The molecule has 0 aliphatic carbocycles. The zero-order chi connectivity index (χ0) is 32.2. The average molecular weight is 618 g/mol. The highest BCUT2D eigenvalue weighted by Crippen LogP contribution is 2.36. The van der Waals surface area contributed by atoms with Gasteiger partial charge in [0.1, 0.15) is 22.5 Å². The molecule has 3 fully saturated rings. The van der Waals surface area contributed by atoms with Crippen LogP contribution in [0, 0.1) is 0 Å². The molecular weight excluding hydrogens is 571 g/mol. The van der Waals surface area contributed by atoms with Gasteiger partial charge in [0.05, 0.1) is 12.3 Å². The number of carbonyl (C=O) groups is 2. The standard InChI is InChI=1S/C19H26F3N3O3.C10H20N2O3/c1-17(2,3)28-16(26)24-9-10-25-12-18(27,8-7-13(25)11-24)14-5-4-6-15(23-14)19(20,21)22;1-10(2,3)15-9(14)12-5-4-11-8(6-12)7-13/h4-6,13,27H,7-12H2,1-3H3;8,11,13H,4-7H2,1-3H3/t13-,18-;8-/m10/s1. The fourth-order valence-corrected chi connectivity index (χ4v) is 5.19. The molecule has 3 aliphatic rings. The van der Waals surface area contributed by atoms with Crippen LogP contribution in [-0.4, -0.2) is 118 Å². The monoisotopic (exact) mass is 617 g/mol. The number of rotatable bonds is 2. The first-order valence-corrected chi connectivity index (χ1v) is 14.6. The fourth-order valence-electron chi connectivity index (χ4n) is 5.19. The lowest BCUT2D eigenvalue weighted by Crippen LogP contribution is -2.61. The number of fused-ring (bicyclic) bond motifs is 1. The van der Waals surface area contributed by atoms with Crippen molar-refractivity contribution in [3.63, 3.8) is 0 Å². The van der Waals surface area contributed by atoms with Crippen LogP contribution in [0.25, 0.3) is 0 Å². The van der Waals surface area contributed by atoms with Gasteiger partial charge in [0.15, 0.2) is 0 Å². The average Bonchev–Trinajstić information content (AvgIpc) is 2.91. The van der Waals surface area contributed by atoms with Crippen molar-refractivity contribution in [1.82, 2.24) is 25.0 Å². The molecule has 3 aliphatic heterocycles. The molecule has 3 N–H and O–H groups in total. The van der Waals surface area contributed by atoms with Crippen LogP contribution in [0.2, 0.25) is 0 Å². The van der Waals surface area contributed by atoms with Crippen molar-refractivity contribution in [3.05, 3.63) is 29.6 Å². The van der Waals surface area contributed by atoms with Gasteiger partial charge in [-0.25, -0.2) is 14.6 Å². The van der Waals surface area contributed by atoms with Crippen LogP contribution in [0.15, 0.2) is 18.2 Å². The third kappa shape index (κ3) is 10.2. The molecule has 0 saturated carbocycles. The smallest absolute Gasteiger partial charge is 0.433 e. The van der Waals surface area contributed by atoms with E-state index < -0.39 is 28.7 Å². The van der Waals surface area contributed by atoms with E-state index in [2.05, 4.69) is 10.3 Å². The Bertz CT molecular complexity index is 1110. The molecule has 43 heavy (non-hydrogen) atoms. The Labute approximate surface area is 251 Å². The first kappa shape index (κ1) is 34.8. The molecule has 2 amide bonds. The number of nitrogens with one attached hydrogen (secondary N) is 1. The number of pyridine rings is 1. The molecule has 1 aromatic heterocycles. The number of alkyl halides is 3. The van der Waals surface area contributed by atoms with Gasteiger partial charge in [-0.15, -0.1) is 0 Å². The first-order chi connectivity index (χ1) is 19.8. The molecule has 0 unspecified atom stereocenters. The van der Waals surface area contributed by atoms with E-state index in [1.54, 1.807) is 9.80 Å². The predicted molar refractivity (Wildman–Crippen MR) is 152 cm³/mol. The summed E-state index contributed by atoms with van der Waals surface area (Å²) in [6, 6.07) is 3.61. The summed E-state index contributed by atoms with van der Waals surface area (Å²) in [6.07, 6.45) is -4.39. The summed E-state index contributed by atoms with van der Waals surface area (Å²) < 4.78 is 49.5. The normalized spacial score (nSPS) is 25.3. The van der Waals surface area contributed by atoms with E-state index in [-0.39, 0.29) is 49.5 Å². The third-order valence-corrected chi connectivity index (χ3v) is 7.26. The highest BCUT2D eigenvalue weighted by molar-refractivity contribution is 5.68. The predicted octanol–water partition coefficient (Wildman–Crippen LogP) is 3.19. The minimum absolute atomic E-state index is 0.0346. The van der Waals surface area contributed by atoms with Crippen molar-refractivity contribution in [2.75, 3.05) is 52.4 Å². The summed E-state index contributed by atoms with van der Waals surface area (Å²) in [5.74, 6) is 0. The van der Waals surface area contributed by atoms with Gasteiger partial charge in [0, 0.05) is 57.9 Å². The van der Waals surface area contributed by atoms with Crippen LogP contribution in [0.1, 0.15) is 65.8 Å². The Morgan fingerprint density at radius 1 is 1.00 bits per heavy atom. The maximum atomic E-state index is 13.0. The second kappa shape index (κ2) is 13.5. The highest BCUT2D eigenvalue weighted by atomic mass is 19.4. The van der Waals surface area contributed by atoms with Gasteiger partial charge in [-0.05, 0) is 66.5 Å². The third-order valence-electron chi connectivity index (χ3n) is 7.26. The number of aliphatic hydroxyl groups is 2. The molecule has 3 atom stereocenters. The summed E-state index contributed by atoms with van der Waals surface area (Å²) in [5, 5.41) is 23.1. The van der Waals surface area contributed by atoms with Crippen molar-refractivity contribution in [1.29, 1.82) is 0 Å². The van der Waals surface area contributed by atoms with Crippen LogP contribution in [0.5, 0.6) is 0 Å². The largest absolute Gasteiger partial charge is 0.444 e. The molecule has 4 heterocycles. The molecule has 11 nitrogen and oxygen atoms in total. The van der Waals surface area contributed by atoms with Gasteiger partial charge in [-0.2, -0.15) is 13.2 Å². The van der Waals surface area contributed by atoms with Crippen LogP contribution >= 0.6 is 0 Å². The lowest BCUT2D eigenvalue weighted by Gasteiger charge is -2.48. The van der Waals surface area contributed by atoms with Gasteiger partial charge >= 0.3 is 18.4 Å². The minimum atomic E-state index is -4.55. The molecule has 244 valence electrons. The van der Waals surface area contributed by atoms with Crippen molar-refractivity contribution in [2.24, 2.45) is 0 Å². The summed E-state index contributed by atoms with van der Waals surface area (Å²) in [7, 11) is 0. The minimum Gasteiger partial charge on any atom is -0.444 e. The molecular formula is C29H46F3N5O6. The number of piperazine rings is 2. The van der Waals surface area contributed by atoms with Crippen molar-refractivity contribution in [3.8, 4) is 0 Å². The van der Waals surface area contributed by atoms with Gasteiger partial charge in [0.25, 0.3) is 0 Å². The summed E-state index contributed by atoms with van der Waals surface area (Å²) >= 11 is 0. The first-order valence-electron chi connectivity index (χ1n) is 14.6. The van der Waals surface area contributed by atoms with Gasteiger partial charge in [-0.3, -0.25) is 4.90 Å². The Balaban J connectivity index is 0.000000285. The van der Waals surface area contributed by atoms with Crippen LogP contribution in [0.4, 0.5) is 22.8 Å². The molecule has 0 aromatic carbocycles. The molecule has 14 heteroatoms. The van der Waals surface area contributed by atoms with E-state index in [0.29, 0.717) is 45.7 Å². The molecule has 0 bridgehead atoms. The van der Waals surface area contributed by atoms with E-state index >= 15 is 0 Å². The van der Waals surface area contributed by atoms with Crippen molar-refractivity contribution >= 4 is 12.2 Å². The van der Waals surface area contributed by atoms with E-state index in [0.717, 1.165) is 6.07 Å². The van der Waals surface area contributed by atoms with Gasteiger partial charge in [-0.1, -0.05) is 6.07 Å². The van der Waals surface area contributed by atoms with E-state index in [4.69, 9.17) is 14.6 Å². The lowest BCUT2D eigenvalue weighted by molar-refractivity contribution is -0.142. The van der Waals surface area contributed by atoms with Crippen LogP contribution in [-0.2, 0) is 21.3 Å². The SMILES string of the molecule is CC(C)(C)OC(=O)N1CCN2C[C@@](O)(c3cccc(C(F)(F)F)n3)CC[C@@H]2C1.CC(C)(C)OC(=O)N1CCN[C@H](CO)C1. The molecule has 3 saturated heterocycles. The van der Waals surface area contributed by atoms with Crippen LogP contribution < -0.4 is 5.32 Å². The van der Waals surface area contributed by atoms with E-state index in [9.17, 15) is 27.9 Å². The molecule has 4 rings (SSSR count). The van der Waals surface area contributed by atoms with E-state index in [1.807, 2.05) is 46.4 Å². The molecule has 1 aromatic rings. The summed E-state index contributed by atoms with van der Waals surface area (Å²) in [5.41, 5.74) is -3.44. The Morgan fingerprint density at radius 3 is 2.16 bits per heavy atom. The molecule has 0 spiro atoms. The number of amides is 2. The number of carbonyl (C=O) groups excluding carboxylic acids is 2. The lowest BCUT2D eigenvalue weighted by atomic mass is 9.84. The van der Waals surface area contributed by atoms with Gasteiger partial charge < -0.3 is 34.8 Å². The number of aromatic nitrogens is 1. The van der Waals surface area contributed by atoms with Crippen LogP contribution in [0.3, 0.4) is 0 Å². The number of nitrogens with zero attached hydrogens (tertiary/aromatic N) is 4. The number of piperidine rings is 1. The quantitative estimate of drug-likeness (QED) is 0.459. The second-order valence-corrected chi connectivity index (χ2v) is 13.3. The fraction of sp³-hybridized carbons (Fsp3) is 0.759. The Kier molecular flexibility index (Phi) is 11.0. The maximum Gasteiger partial charge on any atom is 0.433 e. The van der Waals surface area contributed by atoms with E-state index in [1.165, 1.54) is 12.1 Å². The maximum absolute atomic E-state index is 13.0. The topological polar surface area (TPSA) is 128 Å². The number of halogens is 3. The number of hydrogen-bond acceptors (Lipinski definition) is 9. The Morgan fingerprint density at radius 2 is 1.60 bits per heavy atom. The second-order valence-electron chi connectivity index (χ2n) is 13.3. The number of aliphatic hydroxyl groups excluding tert-OH is 1. The number of ether oxygens (including phenoxy) is 2. The number of hydrogen-bond donors (Lipinski definition) is 3. The highest BCUT2D eigenvalue weighted by Gasteiger charge is 2.44. The Hall–Kier alpha value is -2.68. The molecule has 0 radical (unpaired) electrons. The zero-order valence-corrected chi connectivity index (χ0v) is 25.9. The zero-order valence-electron chi connectivity index (χ0n) is 25.9. The summed E-state index contributed by atoms with van der Waals surface area (Å²) in [4.78, 5) is 32.9.